The number of nitrogens with zero attached hydrogens (tertiary/aromatic N) is 2. The fourth-order valence-corrected chi connectivity index (χ4v) is 2.26. The van der Waals surface area contributed by atoms with Crippen molar-refractivity contribution in [1.82, 2.24) is 9.38 Å². The first-order chi connectivity index (χ1) is 9.27. The van der Waals surface area contributed by atoms with Crippen LogP contribution >= 0.6 is 0 Å². The minimum absolute atomic E-state index is 0.117. The van der Waals surface area contributed by atoms with Gasteiger partial charge in [-0.05, 0) is 19.1 Å². The molecule has 3 aromatic rings. The molecule has 0 aliphatic carbocycles. The van der Waals surface area contributed by atoms with Gasteiger partial charge < -0.3 is 4.40 Å². The van der Waals surface area contributed by atoms with Crippen molar-refractivity contribution in [3.63, 3.8) is 0 Å². The lowest BCUT2D eigenvalue weighted by atomic mass is 9.97. The van der Waals surface area contributed by atoms with Gasteiger partial charge >= 0.3 is 0 Å². The Morgan fingerprint density at radius 2 is 1.84 bits per heavy atom. The minimum atomic E-state index is -0.209. The molecule has 19 heavy (non-hydrogen) atoms. The SMILES string of the molecule is CC(C(=O)c1ccccc1)c1cnc2ccccn12. The number of fused-ring (bicyclic) bond motifs is 1. The van der Waals surface area contributed by atoms with E-state index in [1.807, 2.05) is 66.1 Å². The van der Waals surface area contributed by atoms with Gasteiger partial charge in [0.05, 0.1) is 11.6 Å². The number of Topliss-reactive ketones (excluding diaryl/α,β-unsaturated/α-hetero) is 1. The van der Waals surface area contributed by atoms with E-state index in [0.29, 0.717) is 0 Å². The zero-order valence-electron chi connectivity index (χ0n) is 10.7. The van der Waals surface area contributed by atoms with Crippen molar-refractivity contribution in [3.8, 4) is 0 Å². The highest BCUT2D eigenvalue weighted by Crippen LogP contribution is 2.21. The molecule has 1 aromatic carbocycles. The quantitative estimate of drug-likeness (QED) is 0.668. The molecule has 1 unspecified atom stereocenters. The van der Waals surface area contributed by atoms with Crippen LogP contribution in [-0.4, -0.2) is 15.2 Å². The Hall–Kier alpha value is -2.42. The number of ketones is 1. The molecule has 3 nitrogen and oxygen atoms in total. The van der Waals surface area contributed by atoms with Crippen LogP contribution in [0.1, 0.15) is 28.9 Å². The van der Waals surface area contributed by atoms with Gasteiger partial charge in [0, 0.05) is 18.0 Å². The van der Waals surface area contributed by atoms with Gasteiger partial charge in [0.25, 0.3) is 0 Å². The van der Waals surface area contributed by atoms with Gasteiger partial charge in [-0.25, -0.2) is 4.98 Å². The molecule has 0 aliphatic heterocycles. The molecule has 3 heteroatoms. The normalized spacial score (nSPS) is 12.5. The van der Waals surface area contributed by atoms with Crippen LogP contribution in [0.15, 0.2) is 60.9 Å². The van der Waals surface area contributed by atoms with Crippen LogP contribution in [0.5, 0.6) is 0 Å². The molecule has 0 bridgehead atoms. The highest BCUT2D eigenvalue weighted by atomic mass is 16.1. The zero-order valence-corrected chi connectivity index (χ0v) is 10.7. The molecule has 0 amide bonds. The number of rotatable bonds is 3. The molecule has 0 fully saturated rings. The lowest BCUT2D eigenvalue weighted by Gasteiger charge is -2.10. The van der Waals surface area contributed by atoms with E-state index in [-0.39, 0.29) is 11.7 Å². The first-order valence-electron chi connectivity index (χ1n) is 6.28. The smallest absolute Gasteiger partial charge is 0.171 e. The Kier molecular flexibility index (Phi) is 2.88. The third-order valence-corrected chi connectivity index (χ3v) is 3.34. The maximum absolute atomic E-state index is 12.4. The van der Waals surface area contributed by atoms with Crippen molar-refractivity contribution in [1.29, 1.82) is 0 Å². The van der Waals surface area contributed by atoms with Gasteiger partial charge in [-0.3, -0.25) is 4.79 Å². The van der Waals surface area contributed by atoms with Crippen LogP contribution in [0, 0.1) is 0 Å². The first-order valence-corrected chi connectivity index (χ1v) is 6.28. The minimum Gasteiger partial charge on any atom is -0.303 e. The van der Waals surface area contributed by atoms with E-state index >= 15 is 0 Å². The molecule has 0 saturated carbocycles. The van der Waals surface area contributed by atoms with Gasteiger partial charge in [0.15, 0.2) is 5.78 Å². The summed E-state index contributed by atoms with van der Waals surface area (Å²) in [6, 6.07) is 15.2. The average molecular weight is 250 g/mol. The number of pyridine rings is 1. The summed E-state index contributed by atoms with van der Waals surface area (Å²) in [4.78, 5) is 16.8. The Balaban J connectivity index is 2.00. The average Bonchev–Trinajstić information content (AvgIpc) is 2.90. The molecular formula is C16H14N2O. The highest BCUT2D eigenvalue weighted by molar-refractivity contribution is 6.00. The molecular weight excluding hydrogens is 236 g/mol. The first kappa shape index (κ1) is 11.7. The molecule has 1 atom stereocenters. The molecule has 0 saturated heterocycles. The lowest BCUT2D eigenvalue weighted by molar-refractivity contribution is 0.0964. The molecule has 2 aromatic heterocycles. The second-order valence-corrected chi connectivity index (χ2v) is 4.56. The summed E-state index contributed by atoms with van der Waals surface area (Å²) in [6.45, 7) is 1.92. The van der Waals surface area contributed by atoms with Crippen molar-refractivity contribution in [3.05, 3.63) is 72.2 Å². The number of hydrogen-bond acceptors (Lipinski definition) is 2. The topological polar surface area (TPSA) is 34.4 Å². The summed E-state index contributed by atoms with van der Waals surface area (Å²) in [7, 11) is 0. The number of imidazole rings is 1. The largest absolute Gasteiger partial charge is 0.303 e. The second kappa shape index (κ2) is 4.69. The zero-order chi connectivity index (χ0) is 13.2. The third kappa shape index (κ3) is 2.03. The van der Waals surface area contributed by atoms with Crippen LogP contribution in [0.2, 0.25) is 0 Å². The molecule has 2 heterocycles. The van der Waals surface area contributed by atoms with Crippen molar-refractivity contribution in [2.24, 2.45) is 0 Å². The number of benzene rings is 1. The van der Waals surface area contributed by atoms with Crippen LogP contribution < -0.4 is 0 Å². The van der Waals surface area contributed by atoms with Gasteiger partial charge in [-0.15, -0.1) is 0 Å². The van der Waals surface area contributed by atoms with E-state index in [9.17, 15) is 4.79 Å². The van der Waals surface area contributed by atoms with Gasteiger partial charge in [-0.2, -0.15) is 0 Å². The molecule has 3 rings (SSSR count). The lowest BCUT2D eigenvalue weighted by Crippen LogP contribution is -2.11. The number of aromatic nitrogens is 2. The molecule has 0 spiro atoms. The summed E-state index contributed by atoms with van der Waals surface area (Å²) in [5, 5.41) is 0. The fraction of sp³-hybridized carbons (Fsp3) is 0.125. The standard InChI is InChI=1S/C16H14N2O/c1-12(16(19)13-7-3-2-4-8-13)14-11-17-15-9-5-6-10-18(14)15/h2-12H,1H3. The van der Waals surface area contributed by atoms with Crippen LogP contribution in [-0.2, 0) is 0 Å². The van der Waals surface area contributed by atoms with Crippen molar-refractivity contribution < 1.29 is 4.79 Å². The number of carbonyl (C=O) groups is 1. The highest BCUT2D eigenvalue weighted by Gasteiger charge is 2.20. The summed E-state index contributed by atoms with van der Waals surface area (Å²) in [5.41, 5.74) is 2.52. The summed E-state index contributed by atoms with van der Waals surface area (Å²) >= 11 is 0. The predicted octanol–water partition coefficient (Wildman–Crippen LogP) is 3.32. The van der Waals surface area contributed by atoms with E-state index in [0.717, 1.165) is 16.9 Å². The maximum atomic E-state index is 12.4. The van der Waals surface area contributed by atoms with E-state index in [2.05, 4.69) is 4.98 Å². The van der Waals surface area contributed by atoms with Crippen molar-refractivity contribution in [2.75, 3.05) is 0 Å². The summed E-state index contributed by atoms with van der Waals surface area (Å²) < 4.78 is 1.96. The van der Waals surface area contributed by atoms with E-state index in [1.54, 1.807) is 6.20 Å². The molecule has 94 valence electrons. The van der Waals surface area contributed by atoms with E-state index in [4.69, 9.17) is 0 Å². The fourth-order valence-electron chi connectivity index (χ4n) is 2.26. The van der Waals surface area contributed by atoms with E-state index in [1.165, 1.54) is 0 Å². The monoisotopic (exact) mass is 250 g/mol. The van der Waals surface area contributed by atoms with Crippen molar-refractivity contribution >= 4 is 11.4 Å². The third-order valence-electron chi connectivity index (χ3n) is 3.34. The van der Waals surface area contributed by atoms with Crippen LogP contribution in [0.4, 0.5) is 0 Å². The molecule has 0 N–H and O–H groups in total. The van der Waals surface area contributed by atoms with Gasteiger partial charge in [-0.1, -0.05) is 36.4 Å². The number of carbonyl (C=O) groups excluding carboxylic acids is 1. The molecule has 0 aliphatic rings. The van der Waals surface area contributed by atoms with Gasteiger partial charge in [0.1, 0.15) is 5.65 Å². The predicted molar refractivity (Wildman–Crippen MR) is 74.4 cm³/mol. The van der Waals surface area contributed by atoms with Crippen LogP contribution in [0.3, 0.4) is 0 Å². The maximum Gasteiger partial charge on any atom is 0.171 e. The Bertz CT molecular complexity index is 716. The summed E-state index contributed by atoms with van der Waals surface area (Å²) in [5.74, 6) is -0.0916. The summed E-state index contributed by atoms with van der Waals surface area (Å²) in [6.07, 6.45) is 3.72. The second-order valence-electron chi connectivity index (χ2n) is 4.56. The Morgan fingerprint density at radius 3 is 2.63 bits per heavy atom. The molecule has 0 radical (unpaired) electrons. The Labute approximate surface area is 111 Å². The Morgan fingerprint density at radius 1 is 1.11 bits per heavy atom. The van der Waals surface area contributed by atoms with Gasteiger partial charge in [0.2, 0.25) is 0 Å². The van der Waals surface area contributed by atoms with Crippen molar-refractivity contribution in [2.45, 2.75) is 12.8 Å². The van der Waals surface area contributed by atoms with E-state index < -0.39 is 0 Å². The van der Waals surface area contributed by atoms with Crippen LogP contribution in [0.25, 0.3) is 5.65 Å². The number of hydrogen-bond donors (Lipinski definition) is 0.